The lowest BCUT2D eigenvalue weighted by Gasteiger charge is -2.08. The van der Waals surface area contributed by atoms with Crippen LogP contribution in [-0.4, -0.2) is 19.8 Å². The number of aromatic nitrogens is 4. The molecule has 0 spiro atoms. The Morgan fingerprint density at radius 1 is 0.900 bits per heavy atom. The number of nitrogens with zero attached hydrogens (tertiary/aromatic N) is 4. The highest BCUT2D eigenvalue weighted by atomic mass is 16.5. The second-order valence-corrected chi connectivity index (χ2v) is 6.98. The first-order valence-corrected chi connectivity index (χ1v) is 9.66. The quantitative estimate of drug-likeness (QED) is 0.460. The van der Waals surface area contributed by atoms with Crippen molar-refractivity contribution in [1.29, 1.82) is 0 Å². The van der Waals surface area contributed by atoms with Gasteiger partial charge in [0.15, 0.2) is 0 Å². The van der Waals surface area contributed by atoms with Crippen LogP contribution in [0.1, 0.15) is 22.3 Å². The maximum atomic E-state index is 12.3. The largest absolute Gasteiger partial charge is 0.489 e. The normalized spacial score (nSPS) is 11.1. The van der Waals surface area contributed by atoms with E-state index in [1.807, 2.05) is 91.9 Å². The van der Waals surface area contributed by atoms with Crippen LogP contribution in [0.4, 0.5) is 0 Å². The lowest BCUT2D eigenvalue weighted by molar-refractivity contribution is 0.306. The Bertz CT molecular complexity index is 1220. The molecule has 4 aromatic rings. The second-order valence-electron chi connectivity index (χ2n) is 6.98. The minimum Gasteiger partial charge on any atom is -0.489 e. The molecule has 0 bridgehead atoms. The molecular weight excluding hydrogens is 376 g/mol. The Hall–Kier alpha value is -3.93. The van der Waals surface area contributed by atoms with Crippen LogP contribution >= 0.6 is 0 Å². The van der Waals surface area contributed by atoms with Crippen LogP contribution < -0.4 is 10.4 Å². The fourth-order valence-electron chi connectivity index (χ4n) is 3.13. The molecule has 1 aromatic heterocycles. The van der Waals surface area contributed by atoms with E-state index in [-0.39, 0.29) is 5.69 Å². The van der Waals surface area contributed by atoms with Gasteiger partial charge in [0, 0.05) is 12.6 Å². The molecule has 0 unspecified atom stereocenters. The van der Waals surface area contributed by atoms with Crippen molar-refractivity contribution < 1.29 is 4.74 Å². The predicted molar refractivity (Wildman–Crippen MR) is 117 cm³/mol. The minimum absolute atomic E-state index is 0.282. The van der Waals surface area contributed by atoms with Crippen molar-refractivity contribution in [1.82, 2.24) is 19.8 Å². The van der Waals surface area contributed by atoms with Crippen LogP contribution in [0.15, 0.2) is 77.6 Å². The molecule has 0 aliphatic rings. The number of hydrogen-bond donors (Lipinski definition) is 0. The summed E-state index contributed by atoms with van der Waals surface area (Å²) in [6, 6.07) is 23.8. The standard InChI is InChI=1S/C24H22N4O2/c1-18-7-6-10-23(28-24(29)27(2)25-26-28)22(18)16-13-19-11-14-21(15-12-19)30-17-20-8-4-3-5-9-20/h3-16H,17H2,1-2H3/b16-13+. The van der Waals surface area contributed by atoms with Gasteiger partial charge in [0.2, 0.25) is 0 Å². The van der Waals surface area contributed by atoms with E-state index in [9.17, 15) is 4.79 Å². The molecule has 6 heteroatoms. The molecule has 4 rings (SSSR count). The van der Waals surface area contributed by atoms with E-state index in [1.54, 1.807) is 7.05 Å². The van der Waals surface area contributed by atoms with Crippen LogP contribution in [-0.2, 0) is 13.7 Å². The van der Waals surface area contributed by atoms with Gasteiger partial charge < -0.3 is 4.74 Å². The Labute approximate surface area is 174 Å². The molecule has 150 valence electrons. The van der Waals surface area contributed by atoms with Gasteiger partial charge in [0.05, 0.1) is 5.69 Å². The Morgan fingerprint density at radius 3 is 2.37 bits per heavy atom. The van der Waals surface area contributed by atoms with Gasteiger partial charge in [0.25, 0.3) is 0 Å². The van der Waals surface area contributed by atoms with E-state index >= 15 is 0 Å². The first-order valence-electron chi connectivity index (χ1n) is 9.66. The van der Waals surface area contributed by atoms with E-state index in [4.69, 9.17) is 4.74 Å². The van der Waals surface area contributed by atoms with Gasteiger partial charge >= 0.3 is 5.69 Å². The minimum atomic E-state index is -0.282. The molecule has 0 atom stereocenters. The van der Waals surface area contributed by atoms with Gasteiger partial charge in [-0.05, 0) is 52.2 Å². The smallest absolute Gasteiger partial charge is 0.368 e. The van der Waals surface area contributed by atoms with Crippen molar-refractivity contribution in [2.24, 2.45) is 7.05 Å². The van der Waals surface area contributed by atoms with E-state index in [2.05, 4.69) is 10.4 Å². The highest BCUT2D eigenvalue weighted by Crippen LogP contribution is 2.21. The van der Waals surface area contributed by atoms with E-state index in [0.717, 1.165) is 28.0 Å². The molecule has 1 heterocycles. The molecule has 0 aliphatic carbocycles. The molecule has 0 amide bonds. The molecule has 0 fully saturated rings. The van der Waals surface area contributed by atoms with Crippen LogP contribution in [0.2, 0.25) is 0 Å². The first-order chi connectivity index (χ1) is 14.6. The monoisotopic (exact) mass is 398 g/mol. The zero-order valence-electron chi connectivity index (χ0n) is 16.9. The van der Waals surface area contributed by atoms with E-state index in [1.165, 1.54) is 9.36 Å². The molecule has 6 nitrogen and oxygen atoms in total. The summed E-state index contributed by atoms with van der Waals surface area (Å²) in [6.45, 7) is 2.54. The number of rotatable bonds is 6. The fourth-order valence-corrected chi connectivity index (χ4v) is 3.13. The summed E-state index contributed by atoms with van der Waals surface area (Å²) in [5.74, 6) is 0.818. The van der Waals surface area contributed by atoms with Gasteiger partial charge in [-0.1, -0.05) is 66.7 Å². The highest BCUT2D eigenvalue weighted by Gasteiger charge is 2.11. The van der Waals surface area contributed by atoms with Crippen LogP contribution in [0.25, 0.3) is 17.8 Å². The lowest BCUT2D eigenvalue weighted by atomic mass is 10.0. The summed E-state index contributed by atoms with van der Waals surface area (Å²) in [4.78, 5) is 12.3. The van der Waals surface area contributed by atoms with E-state index < -0.39 is 0 Å². The first kappa shape index (κ1) is 19.4. The molecule has 0 saturated carbocycles. The van der Waals surface area contributed by atoms with Crippen molar-refractivity contribution in [3.05, 3.63) is 106 Å². The maximum Gasteiger partial charge on any atom is 0.368 e. The molecule has 0 aliphatic heterocycles. The Kier molecular flexibility index (Phi) is 5.57. The van der Waals surface area contributed by atoms with Gasteiger partial charge in [-0.2, -0.15) is 9.36 Å². The second kappa shape index (κ2) is 8.61. The number of benzene rings is 3. The van der Waals surface area contributed by atoms with Gasteiger partial charge in [0.1, 0.15) is 12.4 Å². The summed E-state index contributed by atoms with van der Waals surface area (Å²) in [6.07, 6.45) is 4.00. The van der Waals surface area contributed by atoms with Gasteiger partial charge in [-0.3, -0.25) is 0 Å². The zero-order valence-corrected chi connectivity index (χ0v) is 16.9. The Morgan fingerprint density at radius 2 is 1.67 bits per heavy atom. The lowest BCUT2D eigenvalue weighted by Crippen LogP contribution is -2.22. The Balaban J connectivity index is 1.53. The predicted octanol–water partition coefficient (Wildman–Crippen LogP) is 4.02. The number of hydrogen-bond acceptors (Lipinski definition) is 4. The molecule has 0 saturated heterocycles. The summed E-state index contributed by atoms with van der Waals surface area (Å²) < 4.78 is 8.37. The summed E-state index contributed by atoms with van der Waals surface area (Å²) >= 11 is 0. The third-order valence-corrected chi connectivity index (χ3v) is 4.82. The van der Waals surface area contributed by atoms with Crippen LogP contribution in [0.5, 0.6) is 5.75 Å². The van der Waals surface area contributed by atoms with Crippen molar-refractivity contribution in [2.75, 3.05) is 0 Å². The van der Waals surface area contributed by atoms with Crippen molar-refractivity contribution in [3.63, 3.8) is 0 Å². The molecule has 0 N–H and O–H groups in total. The van der Waals surface area contributed by atoms with Gasteiger partial charge in [-0.25, -0.2) is 4.79 Å². The third kappa shape index (κ3) is 4.22. The molecule has 30 heavy (non-hydrogen) atoms. The number of aryl methyl sites for hydroxylation is 2. The average Bonchev–Trinajstić information content (AvgIpc) is 3.11. The van der Waals surface area contributed by atoms with Crippen LogP contribution in [0, 0.1) is 6.92 Å². The third-order valence-electron chi connectivity index (χ3n) is 4.82. The average molecular weight is 398 g/mol. The zero-order chi connectivity index (χ0) is 20.9. The fraction of sp³-hybridized carbons (Fsp3) is 0.125. The molecule has 0 radical (unpaired) electrons. The maximum absolute atomic E-state index is 12.3. The number of tetrazole rings is 1. The molecular formula is C24H22N4O2. The van der Waals surface area contributed by atoms with Crippen molar-refractivity contribution >= 4 is 12.2 Å². The van der Waals surface area contributed by atoms with Crippen LogP contribution in [0.3, 0.4) is 0 Å². The van der Waals surface area contributed by atoms with E-state index in [0.29, 0.717) is 12.3 Å². The van der Waals surface area contributed by atoms with Crippen molar-refractivity contribution in [3.8, 4) is 11.4 Å². The molecule has 3 aromatic carbocycles. The topological polar surface area (TPSA) is 61.9 Å². The summed E-state index contributed by atoms with van der Waals surface area (Å²) in [7, 11) is 1.58. The van der Waals surface area contributed by atoms with Crippen molar-refractivity contribution in [2.45, 2.75) is 13.5 Å². The summed E-state index contributed by atoms with van der Waals surface area (Å²) in [5, 5.41) is 7.78. The highest BCUT2D eigenvalue weighted by molar-refractivity contribution is 5.75. The number of ether oxygens (including phenoxy) is 1. The van der Waals surface area contributed by atoms with Gasteiger partial charge in [-0.15, -0.1) is 0 Å². The summed E-state index contributed by atoms with van der Waals surface area (Å²) in [5.41, 5.74) is 4.55. The SMILES string of the molecule is Cc1cccc(-n2nnn(C)c2=O)c1/C=C/c1ccc(OCc2ccccc2)cc1.